The van der Waals surface area contributed by atoms with E-state index >= 15 is 0 Å². The molecule has 1 aromatic rings. The zero-order valence-corrected chi connectivity index (χ0v) is 13.8. The number of hydrogen-bond donors (Lipinski definition) is 2. The fraction of sp³-hybridized carbons (Fsp3) is 0.562. The molecule has 1 rings (SSSR count). The van der Waals surface area contributed by atoms with Crippen LogP contribution in [0.3, 0.4) is 0 Å². The van der Waals surface area contributed by atoms with Gasteiger partial charge in [-0.15, -0.1) is 0 Å². The highest BCUT2D eigenvalue weighted by molar-refractivity contribution is 6.30. The zero-order chi connectivity index (χ0) is 16.0. The molecule has 0 amide bonds. The van der Waals surface area contributed by atoms with Gasteiger partial charge in [-0.2, -0.15) is 0 Å². The number of nitrogens with one attached hydrogen (secondary N) is 1. The number of carbonyl (C=O) groups is 1. The number of benzene rings is 1. The van der Waals surface area contributed by atoms with Crippen LogP contribution in [0.2, 0.25) is 5.02 Å². The van der Waals surface area contributed by atoms with Gasteiger partial charge < -0.3 is 15.2 Å². The van der Waals surface area contributed by atoms with Gasteiger partial charge in [0.05, 0.1) is 0 Å². The summed E-state index contributed by atoms with van der Waals surface area (Å²) in [6.45, 7) is 8.70. The smallest absolute Gasteiger partial charge is 0.344 e. The number of ether oxygens (including phenoxy) is 1. The third-order valence-corrected chi connectivity index (χ3v) is 3.16. The second kappa shape index (κ2) is 7.66. The molecule has 0 saturated heterocycles. The zero-order valence-electron chi connectivity index (χ0n) is 13.1. The van der Waals surface area contributed by atoms with E-state index in [0.29, 0.717) is 23.7 Å². The number of hydrogen-bond acceptors (Lipinski definition) is 3. The van der Waals surface area contributed by atoms with Gasteiger partial charge in [-0.05, 0) is 45.4 Å². The lowest BCUT2D eigenvalue weighted by molar-refractivity contribution is -0.145. The molecule has 0 fully saturated rings. The molecule has 0 aliphatic carbocycles. The fourth-order valence-electron chi connectivity index (χ4n) is 1.81. The van der Waals surface area contributed by atoms with Crippen molar-refractivity contribution in [3.8, 4) is 5.75 Å². The van der Waals surface area contributed by atoms with Crippen LogP contribution in [-0.2, 0) is 11.3 Å². The molecule has 0 spiro atoms. The molecule has 0 aliphatic heterocycles. The largest absolute Gasteiger partial charge is 0.479 e. The van der Waals surface area contributed by atoms with Gasteiger partial charge in [-0.3, -0.25) is 0 Å². The summed E-state index contributed by atoms with van der Waals surface area (Å²) in [4.78, 5) is 11.2. The van der Waals surface area contributed by atoms with E-state index in [9.17, 15) is 9.90 Å². The van der Waals surface area contributed by atoms with Crippen LogP contribution >= 0.6 is 11.6 Å². The molecule has 0 heterocycles. The molecule has 1 unspecified atom stereocenters. The molecule has 21 heavy (non-hydrogen) atoms. The van der Waals surface area contributed by atoms with Crippen LogP contribution in [0.1, 0.15) is 46.1 Å². The van der Waals surface area contributed by atoms with E-state index in [1.54, 1.807) is 18.2 Å². The molecule has 1 aromatic carbocycles. The molecule has 4 nitrogen and oxygen atoms in total. The highest BCUT2D eigenvalue weighted by atomic mass is 35.5. The Hall–Kier alpha value is -1.26. The maximum Gasteiger partial charge on any atom is 0.344 e. The van der Waals surface area contributed by atoms with Crippen LogP contribution in [0.5, 0.6) is 5.75 Å². The SMILES string of the molecule is CCCC(Oc1ccc(Cl)cc1CNC(C)(C)C)C(=O)O. The monoisotopic (exact) mass is 313 g/mol. The Labute approximate surface area is 131 Å². The lowest BCUT2D eigenvalue weighted by Gasteiger charge is -2.23. The minimum Gasteiger partial charge on any atom is -0.479 e. The predicted octanol–water partition coefficient (Wildman–Crippen LogP) is 3.86. The van der Waals surface area contributed by atoms with Crippen molar-refractivity contribution in [2.24, 2.45) is 0 Å². The van der Waals surface area contributed by atoms with Crippen LogP contribution < -0.4 is 10.1 Å². The van der Waals surface area contributed by atoms with Gasteiger partial charge in [-0.1, -0.05) is 24.9 Å². The molecule has 0 radical (unpaired) electrons. The highest BCUT2D eigenvalue weighted by Gasteiger charge is 2.20. The van der Waals surface area contributed by atoms with Gasteiger partial charge in [0, 0.05) is 22.7 Å². The summed E-state index contributed by atoms with van der Waals surface area (Å²) in [5, 5.41) is 13.2. The summed E-state index contributed by atoms with van der Waals surface area (Å²) in [7, 11) is 0. The normalized spacial score (nSPS) is 13.0. The molecule has 1 atom stereocenters. The van der Waals surface area contributed by atoms with Crippen molar-refractivity contribution in [3.05, 3.63) is 28.8 Å². The van der Waals surface area contributed by atoms with Crippen molar-refractivity contribution in [1.29, 1.82) is 0 Å². The predicted molar refractivity (Wildman–Crippen MR) is 85.0 cm³/mol. The van der Waals surface area contributed by atoms with Crippen molar-refractivity contribution in [3.63, 3.8) is 0 Å². The van der Waals surface area contributed by atoms with E-state index in [1.165, 1.54) is 0 Å². The molecule has 0 saturated carbocycles. The average molecular weight is 314 g/mol. The van der Waals surface area contributed by atoms with Crippen molar-refractivity contribution in [2.75, 3.05) is 0 Å². The van der Waals surface area contributed by atoms with Crippen molar-refractivity contribution < 1.29 is 14.6 Å². The van der Waals surface area contributed by atoms with Gasteiger partial charge in [0.1, 0.15) is 5.75 Å². The first-order chi connectivity index (χ1) is 9.73. The van der Waals surface area contributed by atoms with E-state index in [-0.39, 0.29) is 5.54 Å². The second-order valence-corrected chi connectivity index (χ2v) is 6.53. The van der Waals surface area contributed by atoms with Crippen LogP contribution in [0, 0.1) is 0 Å². The Balaban J connectivity index is 2.92. The maximum absolute atomic E-state index is 11.2. The lowest BCUT2D eigenvalue weighted by Crippen LogP contribution is -2.35. The van der Waals surface area contributed by atoms with E-state index in [2.05, 4.69) is 26.1 Å². The molecule has 2 N–H and O–H groups in total. The molecule has 0 bridgehead atoms. The molecular weight excluding hydrogens is 290 g/mol. The minimum absolute atomic E-state index is 0.0464. The summed E-state index contributed by atoms with van der Waals surface area (Å²) in [5.74, 6) is -0.376. The first kappa shape index (κ1) is 17.8. The fourth-order valence-corrected chi connectivity index (χ4v) is 2.00. The summed E-state index contributed by atoms with van der Waals surface area (Å²) in [6.07, 6.45) is 0.397. The number of aliphatic carboxylic acids is 1. The third kappa shape index (κ3) is 6.36. The Kier molecular flexibility index (Phi) is 6.49. The lowest BCUT2D eigenvalue weighted by atomic mass is 10.1. The highest BCUT2D eigenvalue weighted by Crippen LogP contribution is 2.25. The van der Waals surface area contributed by atoms with Gasteiger partial charge in [-0.25, -0.2) is 4.79 Å². The number of rotatable bonds is 7. The van der Waals surface area contributed by atoms with Crippen molar-refractivity contribution >= 4 is 17.6 Å². The van der Waals surface area contributed by atoms with Crippen LogP contribution in [-0.4, -0.2) is 22.7 Å². The Morgan fingerprint density at radius 1 is 1.43 bits per heavy atom. The summed E-state index contributed by atoms with van der Waals surface area (Å²) in [5.41, 5.74) is 0.814. The van der Waals surface area contributed by atoms with Gasteiger partial charge in [0.2, 0.25) is 0 Å². The Morgan fingerprint density at radius 2 is 2.10 bits per heavy atom. The van der Waals surface area contributed by atoms with E-state index in [0.717, 1.165) is 12.0 Å². The molecule has 5 heteroatoms. The summed E-state index contributed by atoms with van der Waals surface area (Å²) in [6, 6.07) is 5.25. The molecule has 118 valence electrons. The average Bonchev–Trinajstić information content (AvgIpc) is 2.37. The number of carboxylic acids is 1. The first-order valence-corrected chi connectivity index (χ1v) is 7.53. The van der Waals surface area contributed by atoms with Crippen molar-refractivity contribution in [1.82, 2.24) is 5.32 Å². The summed E-state index contributed by atoms with van der Waals surface area (Å²) >= 11 is 6.03. The topological polar surface area (TPSA) is 58.6 Å². The van der Waals surface area contributed by atoms with E-state index < -0.39 is 12.1 Å². The number of carboxylic acid groups (broad SMARTS) is 1. The molecule has 0 aromatic heterocycles. The maximum atomic E-state index is 11.2. The minimum atomic E-state index is -0.943. The van der Waals surface area contributed by atoms with Gasteiger partial charge >= 0.3 is 5.97 Å². The van der Waals surface area contributed by atoms with E-state index in [4.69, 9.17) is 16.3 Å². The van der Waals surface area contributed by atoms with Gasteiger partial charge in [0.15, 0.2) is 6.10 Å². The number of halogens is 1. The van der Waals surface area contributed by atoms with Crippen molar-refractivity contribution in [2.45, 2.75) is 58.7 Å². The molecule has 0 aliphatic rings. The standard InChI is InChI=1S/C16H24ClNO3/c1-5-6-14(15(19)20)21-13-8-7-12(17)9-11(13)10-18-16(2,3)4/h7-9,14,18H,5-6,10H2,1-4H3,(H,19,20). The Morgan fingerprint density at radius 3 is 2.62 bits per heavy atom. The Bertz CT molecular complexity index is 483. The quantitative estimate of drug-likeness (QED) is 0.802. The van der Waals surface area contributed by atoms with E-state index in [1.807, 2.05) is 6.92 Å². The second-order valence-electron chi connectivity index (χ2n) is 6.09. The molecular formula is C16H24ClNO3. The van der Waals surface area contributed by atoms with Gasteiger partial charge in [0.25, 0.3) is 0 Å². The van der Waals surface area contributed by atoms with Crippen LogP contribution in [0.15, 0.2) is 18.2 Å². The summed E-state index contributed by atoms with van der Waals surface area (Å²) < 4.78 is 5.67. The first-order valence-electron chi connectivity index (χ1n) is 7.16. The van der Waals surface area contributed by atoms with Crippen LogP contribution in [0.25, 0.3) is 0 Å². The van der Waals surface area contributed by atoms with Crippen LogP contribution in [0.4, 0.5) is 0 Å². The third-order valence-electron chi connectivity index (χ3n) is 2.93.